The van der Waals surface area contributed by atoms with Crippen LogP contribution in [-0.4, -0.2) is 37.6 Å². The summed E-state index contributed by atoms with van der Waals surface area (Å²) in [6.45, 7) is 5.36. The van der Waals surface area contributed by atoms with Gasteiger partial charge in [0.25, 0.3) is 5.91 Å². The summed E-state index contributed by atoms with van der Waals surface area (Å²) in [5, 5.41) is 8.95. The Labute approximate surface area is 149 Å². The van der Waals surface area contributed by atoms with Gasteiger partial charge in [0, 0.05) is 30.3 Å². The second-order valence-corrected chi connectivity index (χ2v) is 5.84. The van der Waals surface area contributed by atoms with E-state index in [-0.39, 0.29) is 36.7 Å². The lowest BCUT2D eigenvalue weighted by atomic mass is 9.92. The van der Waals surface area contributed by atoms with Crippen LogP contribution in [0.3, 0.4) is 0 Å². The van der Waals surface area contributed by atoms with E-state index in [1.54, 1.807) is 18.2 Å². The number of halogens is 1. The molecule has 24 heavy (non-hydrogen) atoms. The predicted octanol–water partition coefficient (Wildman–Crippen LogP) is 1.95. The van der Waals surface area contributed by atoms with E-state index in [0.717, 1.165) is 19.4 Å². The summed E-state index contributed by atoms with van der Waals surface area (Å²) in [5.41, 5.74) is 0.689. The zero-order valence-electron chi connectivity index (χ0n) is 14.1. The molecule has 1 saturated heterocycles. The molecule has 134 valence electrons. The first-order chi connectivity index (χ1) is 11.1. The number of carbonyl (C=O) groups is 2. The highest BCUT2D eigenvalue weighted by molar-refractivity contribution is 5.92. The van der Waals surface area contributed by atoms with Gasteiger partial charge in [-0.15, -0.1) is 12.4 Å². The second kappa shape index (κ2) is 10.2. The monoisotopic (exact) mass is 355 g/mol. The topological polar surface area (TPSA) is 79.5 Å². The van der Waals surface area contributed by atoms with Crippen molar-refractivity contribution in [1.29, 1.82) is 0 Å². The Morgan fingerprint density at radius 1 is 1.38 bits per heavy atom. The Balaban J connectivity index is 0.00000288. The van der Waals surface area contributed by atoms with E-state index in [4.69, 9.17) is 4.74 Å². The highest BCUT2D eigenvalue weighted by Gasteiger charge is 2.24. The third-order valence-corrected chi connectivity index (χ3v) is 3.84. The van der Waals surface area contributed by atoms with Crippen LogP contribution in [0, 0.1) is 5.92 Å². The molecule has 3 N–H and O–H groups in total. The van der Waals surface area contributed by atoms with Crippen molar-refractivity contribution in [2.45, 2.75) is 32.7 Å². The second-order valence-electron chi connectivity index (χ2n) is 5.84. The van der Waals surface area contributed by atoms with Crippen LogP contribution in [0.2, 0.25) is 0 Å². The third kappa shape index (κ3) is 6.37. The number of rotatable bonds is 6. The molecule has 1 aromatic rings. The van der Waals surface area contributed by atoms with Crippen LogP contribution < -0.4 is 20.7 Å². The average molecular weight is 356 g/mol. The standard InChI is InChI=1S/C17H25N3O3.ClH/c1-3-18-16(21)11-23-15-6-4-5-14(10-15)20-17(22)13-7-8-19-12(2)9-13;/h4-6,10,12-13,19H,3,7-9,11H2,1-2H3,(H,18,21)(H,20,22);1H/t12-,13-;/m0./s1. The Hall–Kier alpha value is -1.79. The molecule has 1 aliphatic heterocycles. The number of carbonyl (C=O) groups excluding carboxylic acids is 2. The third-order valence-electron chi connectivity index (χ3n) is 3.84. The van der Waals surface area contributed by atoms with Crippen molar-refractivity contribution in [3.63, 3.8) is 0 Å². The molecule has 0 aromatic heterocycles. The van der Waals surface area contributed by atoms with E-state index < -0.39 is 0 Å². The highest BCUT2D eigenvalue weighted by Crippen LogP contribution is 2.21. The van der Waals surface area contributed by atoms with Crippen LogP contribution in [0.1, 0.15) is 26.7 Å². The molecule has 0 unspecified atom stereocenters. The van der Waals surface area contributed by atoms with Gasteiger partial charge in [0.05, 0.1) is 0 Å². The van der Waals surface area contributed by atoms with Gasteiger partial charge in [0.1, 0.15) is 5.75 Å². The number of amides is 2. The molecule has 1 heterocycles. The maximum Gasteiger partial charge on any atom is 0.257 e. The molecular formula is C17H26ClN3O3. The van der Waals surface area contributed by atoms with Crippen LogP contribution >= 0.6 is 12.4 Å². The lowest BCUT2D eigenvalue weighted by Gasteiger charge is -2.27. The maximum absolute atomic E-state index is 12.3. The molecule has 0 saturated carbocycles. The van der Waals surface area contributed by atoms with Crippen LogP contribution in [0.15, 0.2) is 24.3 Å². The number of hydrogen-bond donors (Lipinski definition) is 3. The Kier molecular flexibility index (Phi) is 8.57. The summed E-state index contributed by atoms with van der Waals surface area (Å²) in [7, 11) is 0. The average Bonchev–Trinajstić information content (AvgIpc) is 2.53. The molecule has 0 spiro atoms. The van der Waals surface area contributed by atoms with Crippen molar-refractivity contribution in [3.05, 3.63) is 24.3 Å². The number of ether oxygens (including phenoxy) is 1. The van der Waals surface area contributed by atoms with Crippen LogP contribution in [0.25, 0.3) is 0 Å². The summed E-state index contributed by atoms with van der Waals surface area (Å²) in [5.74, 6) is 0.476. The molecule has 2 rings (SSSR count). The number of nitrogens with one attached hydrogen (secondary N) is 3. The van der Waals surface area contributed by atoms with E-state index in [0.29, 0.717) is 24.0 Å². The Morgan fingerprint density at radius 2 is 2.17 bits per heavy atom. The predicted molar refractivity (Wildman–Crippen MR) is 96.7 cm³/mol. The maximum atomic E-state index is 12.3. The quantitative estimate of drug-likeness (QED) is 0.728. The van der Waals surface area contributed by atoms with Gasteiger partial charge < -0.3 is 20.7 Å². The fourth-order valence-electron chi connectivity index (χ4n) is 2.68. The van der Waals surface area contributed by atoms with Crippen LogP contribution in [0.4, 0.5) is 5.69 Å². The van der Waals surface area contributed by atoms with Crippen molar-refractivity contribution in [2.24, 2.45) is 5.92 Å². The van der Waals surface area contributed by atoms with Gasteiger partial charge in [0.15, 0.2) is 6.61 Å². The van der Waals surface area contributed by atoms with E-state index in [2.05, 4.69) is 22.9 Å². The van der Waals surface area contributed by atoms with Crippen molar-refractivity contribution in [1.82, 2.24) is 10.6 Å². The molecule has 1 fully saturated rings. The van der Waals surface area contributed by atoms with Gasteiger partial charge in [-0.05, 0) is 45.4 Å². The minimum Gasteiger partial charge on any atom is -0.484 e. The summed E-state index contributed by atoms with van der Waals surface area (Å²) in [4.78, 5) is 23.7. The number of likely N-dealkylation sites (N-methyl/N-ethyl adjacent to an activating group) is 1. The number of anilines is 1. The first-order valence-electron chi connectivity index (χ1n) is 8.12. The fourth-order valence-corrected chi connectivity index (χ4v) is 2.68. The fraction of sp³-hybridized carbons (Fsp3) is 0.529. The SMILES string of the molecule is CCNC(=O)COc1cccc(NC(=O)[C@H]2CCN[C@@H](C)C2)c1.Cl. The lowest BCUT2D eigenvalue weighted by molar-refractivity contribution is -0.123. The van der Waals surface area contributed by atoms with Crippen molar-refractivity contribution >= 4 is 29.9 Å². The smallest absolute Gasteiger partial charge is 0.257 e. The van der Waals surface area contributed by atoms with Gasteiger partial charge in [-0.1, -0.05) is 6.07 Å². The summed E-state index contributed by atoms with van der Waals surface area (Å²) < 4.78 is 5.43. The van der Waals surface area contributed by atoms with Gasteiger partial charge >= 0.3 is 0 Å². The molecule has 2 amide bonds. The van der Waals surface area contributed by atoms with E-state index in [9.17, 15) is 9.59 Å². The Bertz CT molecular complexity index is 554. The number of benzene rings is 1. The Morgan fingerprint density at radius 3 is 2.88 bits per heavy atom. The molecule has 2 atom stereocenters. The highest BCUT2D eigenvalue weighted by atomic mass is 35.5. The zero-order valence-corrected chi connectivity index (χ0v) is 14.9. The molecule has 7 heteroatoms. The van der Waals surface area contributed by atoms with Crippen molar-refractivity contribution in [3.8, 4) is 5.75 Å². The molecule has 1 aliphatic rings. The molecule has 6 nitrogen and oxygen atoms in total. The number of piperidine rings is 1. The minimum atomic E-state index is -0.161. The molecule has 0 bridgehead atoms. The molecular weight excluding hydrogens is 330 g/mol. The van der Waals surface area contributed by atoms with Crippen LogP contribution in [-0.2, 0) is 9.59 Å². The summed E-state index contributed by atoms with van der Waals surface area (Å²) >= 11 is 0. The van der Waals surface area contributed by atoms with E-state index in [1.165, 1.54) is 0 Å². The molecule has 0 radical (unpaired) electrons. The normalized spacial score (nSPS) is 19.8. The van der Waals surface area contributed by atoms with Crippen LogP contribution in [0.5, 0.6) is 5.75 Å². The van der Waals surface area contributed by atoms with E-state index >= 15 is 0 Å². The summed E-state index contributed by atoms with van der Waals surface area (Å²) in [6.07, 6.45) is 1.70. The number of hydrogen-bond acceptors (Lipinski definition) is 4. The van der Waals surface area contributed by atoms with E-state index in [1.807, 2.05) is 13.0 Å². The lowest BCUT2D eigenvalue weighted by Crippen LogP contribution is -2.40. The van der Waals surface area contributed by atoms with Gasteiger partial charge in [-0.3, -0.25) is 9.59 Å². The van der Waals surface area contributed by atoms with Gasteiger partial charge in [-0.25, -0.2) is 0 Å². The molecule has 1 aromatic carbocycles. The molecule has 0 aliphatic carbocycles. The minimum absolute atomic E-state index is 0. The van der Waals surface area contributed by atoms with Gasteiger partial charge in [-0.2, -0.15) is 0 Å². The summed E-state index contributed by atoms with van der Waals surface area (Å²) in [6, 6.07) is 7.49. The van der Waals surface area contributed by atoms with Crippen molar-refractivity contribution < 1.29 is 14.3 Å². The zero-order chi connectivity index (χ0) is 16.7. The largest absolute Gasteiger partial charge is 0.484 e. The van der Waals surface area contributed by atoms with Crippen molar-refractivity contribution in [2.75, 3.05) is 25.0 Å². The first kappa shape index (κ1) is 20.3. The van der Waals surface area contributed by atoms with Gasteiger partial charge in [0.2, 0.25) is 5.91 Å². The first-order valence-corrected chi connectivity index (χ1v) is 8.12.